The summed E-state index contributed by atoms with van der Waals surface area (Å²) in [5.41, 5.74) is 0. The van der Waals surface area contributed by atoms with Gasteiger partial charge in [-0.2, -0.15) is 11.8 Å². The Morgan fingerprint density at radius 1 is 1.25 bits per heavy atom. The highest BCUT2D eigenvalue weighted by atomic mass is 32.2. The number of nitrogens with zero attached hydrogens (tertiary/aromatic N) is 1. The fourth-order valence-corrected chi connectivity index (χ4v) is 3.17. The van der Waals surface area contributed by atoms with Gasteiger partial charge in [0.25, 0.3) is 0 Å². The SMILES string of the molecule is CCC(CC)N1C(=O)CC(NCCCCCSC)C1=O. The molecule has 5 heteroatoms. The number of nitrogens with one attached hydrogen (secondary N) is 1. The Kier molecular flexibility index (Phi) is 8.22. The third-order valence-electron chi connectivity index (χ3n) is 3.91. The standard InChI is InChI=1S/C15H28N2O2S/c1-4-12(5-2)17-14(18)11-13(15(17)19)16-9-7-6-8-10-20-3/h12-13,16H,4-11H2,1-3H3. The lowest BCUT2D eigenvalue weighted by Crippen LogP contribution is -2.43. The van der Waals surface area contributed by atoms with E-state index >= 15 is 0 Å². The van der Waals surface area contributed by atoms with Crippen molar-refractivity contribution in [2.45, 2.75) is 64.5 Å². The van der Waals surface area contributed by atoms with E-state index in [4.69, 9.17) is 0 Å². The molecule has 0 aromatic carbocycles. The fourth-order valence-electron chi connectivity index (χ4n) is 2.67. The molecular weight excluding hydrogens is 272 g/mol. The van der Waals surface area contributed by atoms with Crippen LogP contribution in [-0.2, 0) is 9.59 Å². The van der Waals surface area contributed by atoms with Crippen molar-refractivity contribution in [1.29, 1.82) is 0 Å². The van der Waals surface area contributed by atoms with Crippen molar-refractivity contribution >= 4 is 23.6 Å². The average Bonchev–Trinajstić information content (AvgIpc) is 2.72. The molecule has 0 saturated carbocycles. The van der Waals surface area contributed by atoms with Gasteiger partial charge >= 0.3 is 0 Å². The maximum Gasteiger partial charge on any atom is 0.247 e. The zero-order valence-corrected chi connectivity index (χ0v) is 13.8. The van der Waals surface area contributed by atoms with Gasteiger partial charge in [-0.3, -0.25) is 14.5 Å². The van der Waals surface area contributed by atoms with E-state index in [0.717, 1.165) is 25.8 Å². The van der Waals surface area contributed by atoms with Crippen LogP contribution in [-0.4, -0.2) is 47.4 Å². The van der Waals surface area contributed by atoms with Crippen LogP contribution in [0.1, 0.15) is 52.4 Å². The minimum absolute atomic E-state index is 0.0106. The van der Waals surface area contributed by atoms with E-state index in [-0.39, 0.29) is 23.9 Å². The van der Waals surface area contributed by atoms with Gasteiger partial charge in [0.1, 0.15) is 0 Å². The van der Waals surface area contributed by atoms with Gasteiger partial charge in [0.05, 0.1) is 12.5 Å². The molecule has 1 heterocycles. The second-order valence-corrected chi connectivity index (χ2v) is 6.32. The summed E-state index contributed by atoms with van der Waals surface area (Å²) in [6, 6.07) is -0.216. The fraction of sp³-hybridized carbons (Fsp3) is 0.867. The number of imide groups is 1. The van der Waals surface area contributed by atoms with Crippen molar-refractivity contribution in [2.75, 3.05) is 18.6 Å². The van der Waals surface area contributed by atoms with E-state index < -0.39 is 0 Å². The van der Waals surface area contributed by atoms with Crippen LogP contribution in [0.15, 0.2) is 0 Å². The zero-order chi connectivity index (χ0) is 15.0. The van der Waals surface area contributed by atoms with Crippen molar-refractivity contribution < 1.29 is 9.59 Å². The van der Waals surface area contributed by atoms with E-state index in [1.165, 1.54) is 23.5 Å². The molecule has 0 aliphatic carbocycles. The van der Waals surface area contributed by atoms with Crippen molar-refractivity contribution in [2.24, 2.45) is 0 Å². The molecule has 0 aromatic rings. The molecule has 4 nitrogen and oxygen atoms in total. The third-order valence-corrected chi connectivity index (χ3v) is 4.60. The Balaban J connectivity index is 2.34. The van der Waals surface area contributed by atoms with Crippen LogP contribution < -0.4 is 5.32 Å². The van der Waals surface area contributed by atoms with Crippen LogP contribution in [0, 0.1) is 0 Å². The molecule has 1 atom stereocenters. The Bertz CT molecular complexity index is 319. The normalized spacial score (nSPS) is 19.4. The number of unbranched alkanes of at least 4 members (excludes halogenated alkanes) is 2. The molecule has 1 fully saturated rings. The van der Waals surface area contributed by atoms with Crippen molar-refractivity contribution in [3.63, 3.8) is 0 Å². The predicted octanol–water partition coefficient (Wildman–Crippen LogP) is 2.43. The van der Waals surface area contributed by atoms with E-state index in [1.54, 1.807) is 0 Å². The zero-order valence-electron chi connectivity index (χ0n) is 13.0. The Morgan fingerprint density at radius 3 is 2.55 bits per heavy atom. The first-order valence-corrected chi connectivity index (χ1v) is 9.13. The molecule has 116 valence electrons. The summed E-state index contributed by atoms with van der Waals surface area (Å²) >= 11 is 1.87. The summed E-state index contributed by atoms with van der Waals surface area (Å²) in [4.78, 5) is 25.8. The largest absolute Gasteiger partial charge is 0.305 e. The maximum atomic E-state index is 12.3. The van der Waals surface area contributed by atoms with Gasteiger partial charge in [-0.25, -0.2) is 0 Å². The minimum atomic E-state index is -0.288. The van der Waals surface area contributed by atoms with E-state index in [9.17, 15) is 9.59 Å². The molecule has 1 aliphatic rings. The molecule has 20 heavy (non-hydrogen) atoms. The lowest BCUT2D eigenvalue weighted by Gasteiger charge is -2.24. The molecule has 1 aliphatic heterocycles. The summed E-state index contributed by atoms with van der Waals surface area (Å²) in [7, 11) is 0. The van der Waals surface area contributed by atoms with Crippen molar-refractivity contribution in [3.05, 3.63) is 0 Å². The second-order valence-electron chi connectivity index (χ2n) is 5.34. The summed E-state index contributed by atoms with van der Waals surface area (Å²) in [5, 5.41) is 3.25. The van der Waals surface area contributed by atoms with Gasteiger partial charge in [0, 0.05) is 6.04 Å². The molecule has 0 spiro atoms. The van der Waals surface area contributed by atoms with Crippen molar-refractivity contribution in [3.8, 4) is 0 Å². The number of likely N-dealkylation sites (tertiary alicyclic amines) is 1. The summed E-state index contributed by atoms with van der Waals surface area (Å²) in [5.74, 6) is 1.17. The lowest BCUT2D eigenvalue weighted by atomic mass is 10.1. The number of carbonyl (C=O) groups is 2. The highest BCUT2D eigenvalue weighted by molar-refractivity contribution is 7.98. The summed E-state index contributed by atoms with van der Waals surface area (Å²) in [6.07, 6.45) is 7.61. The highest BCUT2D eigenvalue weighted by Crippen LogP contribution is 2.20. The quantitative estimate of drug-likeness (QED) is 0.497. The molecule has 1 rings (SSSR count). The van der Waals surface area contributed by atoms with Gasteiger partial charge in [0.15, 0.2) is 0 Å². The Morgan fingerprint density at radius 2 is 1.95 bits per heavy atom. The van der Waals surface area contributed by atoms with Crippen LogP contribution in [0.25, 0.3) is 0 Å². The number of rotatable bonds is 10. The van der Waals surface area contributed by atoms with Crippen LogP contribution in [0.3, 0.4) is 0 Å². The van der Waals surface area contributed by atoms with Crippen molar-refractivity contribution in [1.82, 2.24) is 10.2 Å². The molecule has 0 aromatic heterocycles. The monoisotopic (exact) mass is 300 g/mol. The maximum absolute atomic E-state index is 12.3. The van der Waals surface area contributed by atoms with E-state index in [0.29, 0.717) is 6.42 Å². The van der Waals surface area contributed by atoms with Gasteiger partial charge in [-0.1, -0.05) is 20.3 Å². The predicted molar refractivity (Wildman–Crippen MR) is 84.9 cm³/mol. The Hall–Kier alpha value is -0.550. The van der Waals surface area contributed by atoms with Crippen LogP contribution >= 0.6 is 11.8 Å². The average molecular weight is 300 g/mol. The molecule has 0 bridgehead atoms. The Labute approximate surface area is 127 Å². The first-order chi connectivity index (χ1) is 9.65. The summed E-state index contributed by atoms with van der Waals surface area (Å²) < 4.78 is 0. The van der Waals surface area contributed by atoms with Crippen LogP contribution in [0.2, 0.25) is 0 Å². The van der Waals surface area contributed by atoms with E-state index in [1.807, 2.05) is 25.6 Å². The molecule has 1 N–H and O–H groups in total. The topological polar surface area (TPSA) is 49.4 Å². The van der Waals surface area contributed by atoms with E-state index in [2.05, 4.69) is 11.6 Å². The number of thioether (sulfide) groups is 1. The molecule has 1 unspecified atom stereocenters. The van der Waals surface area contributed by atoms with Gasteiger partial charge in [-0.05, 0) is 44.2 Å². The van der Waals surface area contributed by atoms with Crippen LogP contribution in [0.5, 0.6) is 0 Å². The molecule has 2 amide bonds. The minimum Gasteiger partial charge on any atom is -0.305 e. The van der Waals surface area contributed by atoms with Gasteiger partial charge in [0.2, 0.25) is 11.8 Å². The number of hydrogen-bond acceptors (Lipinski definition) is 4. The third kappa shape index (κ3) is 4.77. The van der Waals surface area contributed by atoms with Gasteiger partial charge in [-0.15, -0.1) is 0 Å². The number of amides is 2. The lowest BCUT2D eigenvalue weighted by molar-refractivity contribution is -0.141. The van der Waals surface area contributed by atoms with Crippen LogP contribution in [0.4, 0.5) is 0 Å². The molecular formula is C15H28N2O2S. The molecule has 1 saturated heterocycles. The molecule has 0 radical (unpaired) electrons. The highest BCUT2D eigenvalue weighted by Gasteiger charge is 2.40. The smallest absolute Gasteiger partial charge is 0.247 e. The summed E-state index contributed by atoms with van der Waals surface area (Å²) in [6.45, 7) is 4.89. The number of carbonyl (C=O) groups excluding carboxylic acids is 2. The first-order valence-electron chi connectivity index (χ1n) is 7.73. The second kappa shape index (κ2) is 9.40. The number of hydrogen-bond donors (Lipinski definition) is 1. The first kappa shape index (κ1) is 17.5. The van der Waals surface area contributed by atoms with Gasteiger partial charge < -0.3 is 5.32 Å².